The van der Waals surface area contributed by atoms with E-state index in [2.05, 4.69) is 73.0 Å². The van der Waals surface area contributed by atoms with E-state index in [4.69, 9.17) is 5.73 Å². The number of H-pyrrole nitrogens is 1. The van der Waals surface area contributed by atoms with Crippen molar-refractivity contribution in [1.82, 2.24) is 19.8 Å². The number of aryl methyl sites for hydroxylation is 1. The molecular formula is C27H37HgN8O2. The Hall–Kier alpha value is -2.14. The Morgan fingerprint density at radius 1 is 1.16 bits per heavy atom. The van der Waals surface area contributed by atoms with E-state index in [0.29, 0.717) is 67.7 Å². The fraction of sp³-hybridized carbons (Fsp3) is 0.556. The molecule has 3 aliphatic heterocycles. The van der Waals surface area contributed by atoms with Gasteiger partial charge in [-0.25, -0.2) is 0 Å². The molecule has 5 rings (SSSR count). The van der Waals surface area contributed by atoms with Crippen molar-refractivity contribution in [2.75, 3.05) is 50.0 Å². The van der Waals surface area contributed by atoms with Crippen molar-refractivity contribution in [3.63, 3.8) is 0 Å². The second kappa shape index (κ2) is 11.9. The van der Waals surface area contributed by atoms with Crippen molar-refractivity contribution >= 4 is 20.6 Å². The predicted molar refractivity (Wildman–Crippen MR) is 146 cm³/mol. The molecule has 1 aromatic heterocycles. The topological polar surface area (TPSA) is 126 Å². The zero-order valence-electron chi connectivity index (χ0n) is 22.4. The molecular weight excluding hydrogens is 669 g/mol. The summed E-state index contributed by atoms with van der Waals surface area (Å²) in [4.78, 5) is 27.7. The van der Waals surface area contributed by atoms with Gasteiger partial charge in [0.15, 0.2) is 0 Å². The Morgan fingerprint density at radius 3 is 2.53 bits per heavy atom. The number of nitrogen functional groups attached to an aromatic ring is 1. The Kier molecular flexibility index (Phi) is 8.61. The molecule has 2 saturated heterocycles. The van der Waals surface area contributed by atoms with Gasteiger partial charge in [0, 0.05) is 13.1 Å². The number of nitrogens with two attached hydrogens (primary N) is 1. The number of nitrogens with zero attached hydrogens (tertiary/aromatic N) is 6. The van der Waals surface area contributed by atoms with Crippen LogP contribution in [0, 0.1) is 6.92 Å². The number of piperazine rings is 1. The third-order valence-corrected chi connectivity index (χ3v) is 9.76. The van der Waals surface area contributed by atoms with E-state index in [-0.39, 0.29) is 18.2 Å². The van der Waals surface area contributed by atoms with Crippen molar-refractivity contribution in [3.05, 3.63) is 51.4 Å². The molecule has 0 saturated carbocycles. The van der Waals surface area contributed by atoms with Crippen LogP contribution in [-0.4, -0.2) is 85.2 Å². The first kappa shape index (κ1) is 27.4. The van der Waals surface area contributed by atoms with Crippen LogP contribution in [0.5, 0.6) is 0 Å². The molecule has 1 aromatic carbocycles. The van der Waals surface area contributed by atoms with Crippen LogP contribution in [0.3, 0.4) is 0 Å². The van der Waals surface area contributed by atoms with Gasteiger partial charge in [-0.2, -0.15) is 0 Å². The van der Waals surface area contributed by atoms with E-state index in [0.717, 1.165) is 55.2 Å². The molecule has 2 fully saturated rings. The Bertz CT molecular complexity index is 1250. The van der Waals surface area contributed by atoms with Crippen molar-refractivity contribution in [2.24, 2.45) is 10.2 Å². The van der Waals surface area contributed by atoms with Crippen LogP contribution in [-0.2, 0) is 26.1 Å². The number of aliphatic hydroxyl groups is 1. The van der Waals surface area contributed by atoms with Crippen molar-refractivity contribution in [1.29, 1.82) is 0 Å². The number of piperidine rings is 1. The zero-order chi connectivity index (χ0) is 26.8. The van der Waals surface area contributed by atoms with Crippen LogP contribution in [0.4, 0.5) is 11.6 Å². The summed E-state index contributed by atoms with van der Waals surface area (Å²) < 4.78 is 1.08. The van der Waals surface area contributed by atoms with Gasteiger partial charge in [0.25, 0.3) is 0 Å². The third-order valence-electron chi connectivity index (χ3n) is 8.24. The van der Waals surface area contributed by atoms with Crippen LogP contribution < -0.4 is 16.2 Å². The average molecular weight is 706 g/mol. The number of hydrogen-bond acceptors (Lipinski definition) is 9. The summed E-state index contributed by atoms with van der Waals surface area (Å²) >= 11 is 0.413. The molecule has 3 aliphatic rings. The monoisotopic (exact) mass is 707 g/mol. The van der Waals surface area contributed by atoms with Gasteiger partial charge in [-0.3, -0.25) is 4.90 Å². The van der Waals surface area contributed by atoms with Crippen molar-refractivity contribution in [3.8, 4) is 0 Å². The number of benzene rings is 1. The van der Waals surface area contributed by atoms with Crippen LogP contribution in [0.2, 0.25) is 0 Å². The molecule has 0 radical (unpaired) electrons. The molecule has 4 heterocycles. The van der Waals surface area contributed by atoms with E-state index in [1.165, 1.54) is 11.1 Å². The molecule has 0 bridgehead atoms. The Balaban J connectivity index is 1.22. The molecule has 199 valence electrons. The SMILES string of the molecule is CCC1CN(c2nc(N)c(C3=NN=[C]([Hg])C3)[nH]c2=O)CCN1C1CCN(C(CO)c2ccc(C)cc2)CC1. The minimum Gasteiger partial charge on any atom is -0.394 e. The number of aromatic nitrogens is 2. The first-order valence-corrected chi connectivity index (χ1v) is 16.4. The first-order chi connectivity index (χ1) is 18.4. The molecule has 2 unspecified atom stereocenters. The smallest absolute Gasteiger partial charge is 0.394 e. The second-order valence-corrected chi connectivity index (χ2v) is 13.8. The van der Waals surface area contributed by atoms with Crippen molar-refractivity contribution in [2.45, 2.75) is 57.7 Å². The van der Waals surface area contributed by atoms with Gasteiger partial charge >= 0.3 is 150 Å². The van der Waals surface area contributed by atoms with E-state index in [1.807, 2.05) is 0 Å². The molecule has 11 heteroatoms. The number of likely N-dealkylation sites (tertiary alicyclic amines) is 1. The van der Waals surface area contributed by atoms with Gasteiger partial charge in [0.2, 0.25) is 0 Å². The summed E-state index contributed by atoms with van der Waals surface area (Å²) in [6.45, 7) is 8.76. The summed E-state index contributed by atoms with van der Waals surface area (Å²) in [5.41, 5.74) is 9.69. The normalized spacial score (nSPS) is 22.4. The number of anilines is 2. The van der Waals surface area contributed by atoms with Gasteiger partial charge < -0.3 is 5.11 Å². The quantitative estimate of drug-likeness (QED) is 0.376. The summed E-state index contributed by atoms with van der Waals surface area (Å²) in [5, 5.41) is 18.5. The summed E-state index contributed by atoms with van der Waals surface area (Å²) in [6, 6.07) is 9.42. The second-order valence-electron chi connectivity index (χ2n) is 10.7. The summed E-state index contributed by atoms with van der Waals surface area (Å²) in [6.07, 6.45) is 3.81. The minimum absolute atomic E-state index is 0.0511. The molecule has 10 nitrogen and oxygen atoms in total. The molecule has 4 N–H and O–H groups in total. The number of hydrogen-bond donors (Lipinski definition) is 3. The summed E-state index contributed by atoms with van der Waals surface area (Å²) in [7, 11) is 0. The minimum atomic E-state index is -0.216. The average Bonchev–Trinajstić information content (AvgIpc) is 3.37. The molecule has 0 aliphatic carbocycles. The Morgan fingerprint density at radius 2 is 1.89 bits per heavy atom. The molecule has 2 aromatic rings. The van der Waals surface area contributed by atoms with E-state index < -0.39 is 0 Å². The van der Waals surface area contributed by atoms with Crippen LogP contribution in [0.25, 0.3) is 0 Å². The third kappa shape index (κ3) is 5.73. The number of aromatic amines is 1. The van der Waals surface area contributed by atoms with Gasteiger partial charge in [0.05, 0.1) is 12.6 Å². The maximum atomic E-state index is 13.0. The van der Waals surface area contributed by atoms with E-state index in [1.54, 1.807) is 0 Å². The molecule has 38 heavy (non-hydrogen) atoms. The van der Waals surface area contributed by atoms with E-state index >= 15 is 0 Å². The van der Waals surface area contributed by atoms with Crippen LogP contribution in [0.1, 0.15) is 55.5 Å². The molecule has 2 atom stereocenters. The van der Waals surface area contributed by atoms with Gasteiger partial charge in [0.1, 0.15) is 0 Å². The summed E-state index contributed by atoms with van der Waals surface area (Å²) in [5.74, 6) is 0.712. The fourth-order valence-electron chi connectivity index (χ4n) is 6.08. The number of rotatable bonds is 7. The first-order valence-electron chi connectivity index (χ1n) is 13.7. The van der Waals surface area contributed by atoms with Crippen molar-refractivity contribution < 1.29 is 31.2 Å². The maximum absolute atomic E-state index is 13.0. The van der Waals surface area contributed by atoms with E-state index in [9.17, 15) is 9.90 Å². The number of aliphatic hydroxyl groups excluding tert-OH is 1. The molecule has 0 spiro atoms. The Labute approximate surface area is 240 Å². The number of nitrogens with one attached hydrogen (secondary N) is 1. The van der Waals surface area contributed by atoms with Gasteiger partial charge in [-0.1, -0.05) is 29.8 Å². The predicted octanol–water partition coefficient (Wildman–Crippen LogP) is 1.81. The fourth-order valence-corrected chi connectivity index (χ4v) is 7.27. The van der Waals surface area contributed by atoms with Crippen LogP contribution >= 0.6 is 0 Å². The standard InChI is InChI=1S/C27H37N8O2.Hg/c1-3-20-16-34(26-27(37)30-24(25(28)31-26)22-8-11-29-32-22)14-15-35(20)21-9-12-33(13-10-21)23(17-36)19-6-4-18(2)5-7-19;/h4-7,20-21,23,36H,3,8-10,12-17H2,1-2H3,(H2,28,31)(H,30,37);. The van der Waals surface area contributed by atoms with Gasteiger partial charge in [-0.15, -0.1) is 0 Å². The zero-order valence-corrected chi connectivity index (χ0v) is 27.9. The van der Waals surface area contributed by atoms with Crippen LogP contribution in [0.15, 0.2) is 39.3 Å². The van der Waals surface area contributed by atoms with Gasteiger partial charge in [-0.05, 0) is 25.3 Å². The molecule has 0 amide bonds.